The monoisotopic (exact) mass is 415 g/mol. The first kappa shape index (κ1) is 23.8. The highest BCUT2D eigenvalue weighted by molar-refractivity contribution is 5.85. The lowest BCUT2D eigenvalue weighted by molar-refractivity contribution is -0.143. The molecule has 166 valence electrons. The van der Waals surface area contributed by atoms with Gasteiger partial charge in [0.15, 0.2) is 0 Å². The number of amides is 2. The quantitative estimate of drug-likeness (QED) is 0.444. The predicted octanol–water partition coefficient (Wildman–Crippen LogP) is 4.74. The van der Waals surface area contributed by atoms with Gasteiger partial charge in [-0.2, -0.15) is 0 Å². The lowest BCUT2D eigenvalue weighted by Gasteiger charge is -2.30. The number of nitrogens with zero attached hydrogens (tertiary/aromatic N) is 3. The molecule has 2 amide bonds. The summed E-state index contributed by atoms with van der Waals surface area (Å²) in [4.78, 5) is 29.5. The second kappa shape index (κ2) is 12.3. The van der Waals surface area contributed by atoms with Crippen LogP contribution >= 0.6 is 0 Å². The molecule has 0 aliphatic carbocycles. The third kappa shape index (κ3) is 7.39. The van der Waals surface area contributed by atoms with Crippen LogP contribution in [0.3, 0.4) is 0 Å². The first-order valence-electron chi connectivity index (χ1n) is 11.1. The van der Waals surface area contributed by atoms with E-state index >= 15 is 0 Å². The molecule has 0 aliphatic heterocycles. The standard InChI is InChI=1S/C24H37N3O3/c1-5-6-7-8-9-14-23(28)27(20(2)3)19-24(29)26(18-22-13-11-16-30-22)17-21-12-10-15-25(21)4/h10-13,15-16,20H,5-9,14,17-19H2,1-4H3. The Morgan fingerprint density at radius 1 is 1.03 bits per heavy atom. The second-order valence-corrected chi connectivity index (χ2v) is 8.22. The highest BCUT2D eigenvalue weighted by Crippen LogP contribution is 2.14. The summed E-state index contributed by atoms with van der Waals surface area (Å²) in [6, 6.07) is 7.64. The van der Waals surface area contributed by atoms with Crippen molar-refractivity contribution in [2.45, 2.75) is 78.4 Å². The second-order valence-electron chi connectivity index (χ2n) is 8.22. The molecule has 0 fully saturated rings. The van der Waals surface area contributed by atoms with Gasteiger partial charge in [-0.3, -0.25) is 9.59 Å². The third-order valence-corrected chi connectivity index (χ3v) is 5.43. The van der Waals surface area contributed by atoms with Crippen LogP contribution in [-0.4, -0.2) is 38.8 Å². The average molecular weight is 416 g/mol. The molecular formula is C24H37N3O3. The van der Waals surface area contributed by atoms with Gasteiger partial charge in [-0.15, -0.1) is 0 Å². The zero-order valence-electron chi connectivity index (χ0n) is 19.0. The molecular weight excluding hydrogens is 378 g/mol. The fraction of sp³-hybridized carbons (Fsp3) is 0.583. The van der Waals surface area contributed by atoms with Gasteiger partial charge in [0.2, 0.25) is 11.8 Å². The van der Waals surface area contributed by atoms with E-state index < -0.39 is 0 Å². The van der Waals surface area contributed by atoms with Crippen LogP contribution in [0.2, 0.25) is 0 Å². The summed E-state index contributed by atoms with van der Waals surface area (Å²) >= 11 is 0. The number of furan rings is 1. The molecule has 0 N–H and O–H groups in total. The van der Waals surface area contributed by atoms with Crippen molar-refractivity contribution < 1.29 is 14.0 Å². The molecule has 0 aromatic carbocycles. The molecule has 0 atom stereocenters. The summed E-state index contributed by atoms with van der Waals surface area (Å²) in [6.07, 6.45) is 9.60. The third-order valence-electron chi connectivity index (χ3n) is 5.43. The Hall–Kier alpha value is -2.50. The van der Waals surface area contributed by atoms with Crippen LogP contribution in [0, 0.1) is 0 Å². The van der Waals surface area contributed by atoms with Crippen molar-refractivity contribution in [2.24, 2.45) is 7.05 Å². The van der Waals surface area contributed by atoms with Crippen molar-refractivity contribution in [3.05, 3.63) is 48.2 Å². The van der Waals surface area contributed by atoms with Crippen molar-refractivity contribution in [1.82, 2.24) is 14.4 Å². The average Bonchev–Trinajstić information content (AvgIpc) is 3.36. The Kier molecular flexibility index (Phi) is 9.71. The molecule has 2 aromatic heterocycles. The molecule has 30 heavy (non-hydrogen) atoms. The number of rotatable bonds is 13. The molecule has 2 heterocycles. The minimum Gasteiger partial charge on any atom is -0.467 e. The Morgan fingerprint density at radius 3 is 2.40 bits per heavy atom. The number of hydrogen-bond acceptors (Lipinski definition) is 3. The van der Waals surface area contributed by atoms with E-state index in [1.165, 1.54) is 12.8 Å². The van der Waals surface area contributed by atoms with Crippen molar-refractivity contribution in [3.8, 4) is 0 Å². The largest absolute Gasteiger partial charge is 0.467 e. The molecule has 0 unspecified atom stereocenters. The number of carbonyl (C=O) groups is 2. The fourth-order valence-corrected chi connectivity index (χ4v) is 3.51. The number of unbranched alkanes of at least 4 members (excludes halogenated alkanes) is 4. The van der Waals surface area contributed by atoms with E-state index in [-0.39, 0.29) is 24.4 Å². The summed E-state index contributed by atoms with van der Waals surface area (Å²) in [5.74, 6) is 0.725. The summed E-state index contributed by atoms with van der Waals surface area (Å²) in [6.45, 7) is 7.07. The van der Waals surface area contributed by atoms with E-state index in [1.54, 1.807) is 16.1 Å². The molecule has 6 heteroatoms. The van der Waals surface area contributed by atoms with Gasteiger partial charge in [-0.25, -0.2) is 0 Å². The first-order chi connectivity index (χ1) is 14.4. The number of aryl methyl sites for hydroxylation is 1. The van der Waals surface area contributed by atoms with E-state index in [9.17, 15) is 9.59 Å². The zero-order chi connectivity index (χ0) is 21.9. The maximum atomic E-state index is 13.2. The van der Waals surface area contributed by atoms with E-state index in [0.29, 0.717) is 19.5 Å². The Balaban J connectivity index is 2.02. The summed E-state index contributed by atoms with van der Waals surface area (Å²) in [7, 11) is 1.97. The molecule has 0 aliphatic rings. The van der Waals surface area contributed by atoms with Crippen LogP contribution in [0.1, 0.15) is 70.8 Å². The number of aromatic nitrogens is 1. The molecule has 0 saturated heterocycles. The highest BCUT2D eigenvalue weighted by atomic mass is 16.3. The Morgan fingerprint density at radius 2 is 1.80 bits per heavy atom. The van der Waals surface area contributed by atoms with Gasteiger partial charge < -0.3 is 18.8 Å². The van der Waals surface area contributed by atoms with E-state index in [2.05, 4.69) is 6.92 Å². The SMILES string of the molecule is CCCCCCCC(=O)N(CC(=O)N(Cc1ccco1)Cc1cccn1C)C(C)C. The fourth-order valence-electron chi connectivity index (χ4n) is 3.51. The molecule has 0 saturated carbocycles. The van der Waals surface area contributed by atoms with Crippen molar-refractivity contribution in [3.63, 3.8) is 0 Å². The lowest BCUT2D eigenvalue weighted by atomic mass is 10.1. The number of hydrogen-bond donors (Lipinski definition) is 0. The van der Waals surface area contributed by atoms with Crippen molar-refractivity contribution in [1.29, 1.82) is 0 Å². The van der Waals surface area contributed by atoms with E-state index in [1.807, 2.05) is 55.9 Å². The molecule has 0 spiro atoms. The molecule has 2 aromatic rings. The van der Waals surface area contributed by atoms with Gasteiger partial charge in [0.05, 0.1) is 19.4 Å². The highest BCUT2D eigenvalue weighted by Gasteiger charge is 2.24. The van der Waals surface area contributed by atoms with Crippen LogP contribution in [0.15, 0.2) is 41.1 Å². The van der Waals surface area contributed by atoms with Gasteiger partial charge in [-0.1, -0.05) is 32.6 Å². The summed E-state index contributed by atoms with van der Waals surface area (Å²) < 4.78 is 7.47. The van der Waals surface area contributed by atoms with Crippen molar-refractivity contribution >= 4 is 11.8 Å². The van der Waals surface area contributed by atoms with Gasteiger partial charge in [-0.05, 0) is 44.5 Å². The molecule has 0 radical (unpaired) electrons. The Bertz CT molecular complexity index is 765. The molecule has 2 rings (SSSR count). The van der Waals surface area contributed by atoms with Gasteiger partial charge in [0.1, 0.15) is 12.3 Å². The summed E-state index contributed by atoms with van der Waals surface area (Å²) in [5, 5.41) is 0. The van der Waals surface area contributed by atoms with Crippen LogP contribution < -0.4 is 0 Å². The normalized spacial score (nSPS) is 11.1. The van der Waals surface area contributed by atoms with Gasteiger partial charge in [0, 0.05) is 31.4 Å². The van der Waals surface area contributed by atoms with Crippen LogP contribution in [-0.2, 0) is 29.7 Å². The molecule has 0 bridgehead atoms. The van der Waals surface area contributed by atoms with Crippen LogP contribution in [0.25, 0.3) is 0 Å². The maximum Gasteiger partial charge on any atom is 0.242 e. The van der Waals surface area contributed by atoms with Crippen LogP contribution in [0.5, 0.6) is 0 Å². The topological polar surface area (TPSA) is 58.7 Å². The Labute approximate surface area is 180 Å². The number of carbonyl (C=O) groups excluding carboxylic acids is 2. The van der Waals surface area contributed by atoms with E-state index in [4.69, 9.17) is 4.42 Å². The minimum atomic E-state index is -0.0689. The maximum absolute atomic E-state index is 13.2. The van der Waals surface area contributed by atoms with Crippen molar-refractivity contribution in [2.75, 3.05) is 6.54 Å². The van der Waals surface area contributed by atoms with E-state index in [0.717, 1.165) is 30.7 Å². The van der Waals surface area contributed by atoms with Gasteiger partial charge in [0.25, 0.3) is 0 Å². The minimum absolute atomic E-state index is 0.0161. The molecule has 6 nitrogen and oxygen atoms in total. The van der Waals surface area contributed by atoms with Crippen LogP contribution in [0.4, 0.5) is 0 Å². The summed E-state index contributed by atoms with van der Waals surface area (Å²) in [5.41, 5.74) is 1.04. The first-order valence-corrected chi connectivity index (χ1v) is 11.1. The zero-order valence-corrected chi connectivity index (χ0v) is 19.0. The lowest BCUT2D eigenvalue weighted by Crippen LogP contribution is -2.45. The predicted molar refractivity (Wildman–Crippen MR) is 119 cm³/mol. The smallest absolute Gasteiger partial charge is 0.242 e. The van der Waals surface area contributed by atoms with Gasteiger partial charge >= 0.3 is 0 Å².